The summed E-state index contributed by atoms with van der Waals surface area (Å²) in [6.45, 7) is 11.8. The van der Waals surface area contributed by atoms with Crippen molar-refractivity contribution in [1.82, 2.24) is 0 Å². The predicted molar refractivity (Wildman–Crippen MR) is 51.0 cm³/mol. The van der Waals surface area contributed by atoms with Crippen molar-refractivity contribution in [3.05, 3.63) is 38.5 Å². The predicted octanol–water partition coefficient (Wildman–Crippen LogP) is 2.13. The Morgan fingerprint density at radius 3 is 1.83 bits per heavy atom. The van der Waals surface area contributed by atoms with Crippen LogP contribution in [0.1, 0.15) is 13.3 Å². The third-order valence-electron chi connectivity index (χ3n) is 0.866. The molecule has 0 aromatic carbocycles. The van der Waals surface area contributed by atoms with Gasteiger partial charge in [-0.05, 0) is 6.42 Å². The summed E-state index contributed by atoms with van der Waals surface area (Å²) >= 11 is 0. The normalized spacial score (nSPS) is 9.83. The second-order valence-corrected chi connectivity index (χ2v) is 1.72. The van der Waals surface area contributed by atoms with Crippen LogP contribution >= 0.6 is 0 Å². The molecule has 0 saturated carbocycles. The highest BCUT2D eigenvalue weighted by Crippen LogP contribution is 1.86. The van der Waals surface area contributed by atoms with Crippen LogP contribution in [0.2, 0.25) is 0 Å². The van der Waals surface area contributed by atoms with Crippen molar-refractivity contribution in [2.75, 3.05) is 0 Å². The van der Waals surface area contributed by atoms with E-state index in [2.05, 4.69) is 24.5 Å². The summed E-state index contributed by atoms with van der Waals surface area (Å²) in [6, 6.07) is 0. The molecule has 2 N–H and O–H groups in total. The van der Waals surface area contributed by atoms with Gasteiger partial charge in [-0.3, -0.25) is 5.73 Å². The molecule has 0 spiro atoms. The molecule has 0 aliphatic rings. The van der Waals surface area contributed by atoms with E-state index < -0.39 is 0 Å². The first-order chi connectivity index (χ1) is 5.72. The van der Waals surface area contributed by atoms with Crippen LogP contribution in [0.15, 0.2) is 38.5 Å². The maximum absolute atomic E-state index is 5.29. The van der Waals surface area contributed by atoms with Gasteiger partial charge in [-0.15, -0.1) is 0 Å². The third kappa shape index (κ3) is 15.9. The second-order valence-electron chi connectivity index (χ2n) is 1.72. The molecule has 12 heavy (non-hydrogen) atoms. The summed E-state index contributed by atoms with van der Waals surface area (Å²) in [7, 11) is 0. The van der Waals surface area contributed by atoms with Crippen molar-refractivity contribution in [3.8, 4) is 0 Å². The number of nitrogens with two attached hydrogens (primary N) is 1. The minimum absolute atomic E-state index is 0.169. The van der Waals surface area contributed by atoms with Gasteiger partial charge in [0.25, 0.3) is 0 Å². The summed E-state index contributed by atoms with van der Waals surface area (Å²) < 4.78 is 9.09. The molecule has 0 aromatic rings. The molecule has 1 atom stereocenters. The third-order valence-corrected chi connectivity index (χ3v) is 0.866. The van der Waals surface area contributed by atoms with Crippen LogP contribution in [-0.4, -0.2) is 6.23 Å². The molecule has 0 heterocycles. The lowest BCUT2D eigenvalue weighted by Gasteiger charge is -2.05. The maximum Gasteiger partial charge on any atom is 0.146 e. The van der Waals surface area contributed by atoms with Crippen molar-refractivity contribution in [1.29, 1.82) is 0 Å². The van der Waals surface area contributed by atoms with E-state index >= 15 is 0 Å². The molecule has 0 aromatic heterocycles. The van der Waals surface area contributed by atoms with Crippen molar-refractivity contribution in [2.24, 2.45) is 5.73 Å². The molecule has 1 unspecified atom stereocenters. The van der Waals surface area contributed by atoms with Crippen molar-refractivity contribution in [2.45, 2.75) is 19.6 Å². The lowest BCUT2D eigenvalue weighted by molar-refractivity contribution is 0.148. The van der Waals surface area contributed by atoms with Crippen LogP contribution in [0, 0.1) is 0 Å². The van der Waals surface area contributed by atoms with Gasteiger partial charge in [-0.2, -0.15) is 0 Å². The Morgan fingerprint density at radius 2 is 1.75 bits per heavy atom. The van der Waals surface area contributed by atoms with Gasteiger partial charge in [-0.1, -0.05) is 26.7 Å². The zero-order valence-corrected chi connectivity index (χ0v) is 7.53. The molecule has 70 valence electrons. The number of ether oxygens (including phenoxy) is 2. The number of hydrogen-bond donors (Lipinski definition) is 1. The highest BCUT2D eigenvalue weighted by molar-refractivity contribution is 4.57. The smallest absolute Gasteiger partial charge is 0.146 e. The standard InChI is InChI=1S/C5H11NO.C4H6O/c1-3-5(6)7-4-2;1-3-5-4-2/h4-5H,2-3,6H2,1H3;3-4H,1-2H2. The summed E-state index contributed by atoms with van der Waals surface area (Å²) in [5, 5.41) is 0. The Kier molecular flexibility index (Phi) is 13.9. The molecule has 0 aliphatic heterocycles. The van der Waals surface area contributed by atoms with Gasteiger partial charge in [0.1, 0.15) is 6.23 Å². The van der Waals surface area contributed by atoms with E-state index in [1.165, 1.54) is 18.8 Å². The summed E-state index contributed by atoms with van der Waals surface area (Å²) in [6.07, 6.45) is 4.64. The van der Waals surface area contributed by atoms with E-state index in [1.807, 2.05) is 6.92 Å². The van der Waals surface area contributed by atoms with Gasteiger partial charge < -0.3 is 9.47 Å². The minimum Gasteiger partial charge on any atom is -0.484 e. The van der Waals surface area contributed by atoms with Gasteiger partial charge in [0, 0.05) is 0 Å². The van der Waals surface area contributed by atoms with Crippen LogP contribution in [-0.2, 0) is 9.47 Å². The first kappa shape index (κ1) is 13.4. The van der Waals surface area contributed by atoms with Crippen LogP contribution in [0.25, 0.3) is 0 Å². The van der Waals surface area contributed by atoms with Crippen LogP contribution in [0.3, 0.4) is 0 Å². The maximum atomic E-state index is 5.29. The van der Waals surface area contributed by atoms with Crippen molar-refractivity contribution < 1.29 is 9.47 Å². The summed E-state index contributed by atoms with van der Waals surface area (Å²) in [4.78, 5) is 0. The SMILES string of the molecule is C=COC(N)CC.C=COC=C. The van der Waals surface area contributed by atoms with E-state index in [9.17, 15) is 0 Å². The van der Waals surface area contributed by atoms with Gasteiger partial charge in [0.2, 0.25) is 0 Å². The fourth-order valence-electron chi connectivity index (χ4n) is 0.288. The van der Waals surface area contributed by atoms with Gasteiger partial charge in [0.05, 0.1) is 18.8 Å². The quantitative estimate of drug-likeness (QED) is 0.509. The van der Waals surface area contributed by atoms with Gasteiger partial charge >= 0.3 is 0 Å². The fourth-order valence-corrected chi connectivity index (χ4v) is 0.288. The van der Waals surface area contributed by atoms with E-state index in [1.54, 1.807) is 0 Å². The highest BCUT2D eigenvalue weighted by atomic mass is 16.5. The fraction of sp³-hybridized carbons (Fsp3) is 0.333. The first-order valence-corrected chi connectivity index (χ1v) is 3.62. The minimum atomic E-state index is -0.169. The Bertz CT molecular complexity index is 118. The Morgan fingerprint density at radius 1 is 1.25 bits per heavy atom. The van der Waals surface area contributed by atoms with Gasteiger partial charge in [0.15, 0.2) is 0 Å². The molecule has 0 fully saturated rings. The second kappa shape index (κ2) is 12.5. The Labute approximate surface area is 74.2 Å². The largest absolute Gasteiger partial charge is 0.484 e. The zero-order chi connectivity index (χ0) is 9.82. The topological polar surface area (TPSA) is 44.5 Å². The van der Waals surface area contributed by atoms with Crippen LogP contribution in [0.4, 0.5) is 0 Å². The van der Waals surface area contributed by atoms with E-state index in [4.69, 9.17) is 10.5 Å². The molecule has 0 radical (unpaired) electrons. The lowest BCUT2D eigenvalue weighted by Crippen LogP contribution is -2.19. The van der Waals surface area contributed by atoms with Gasteiger partial charge in [-0.25, -0.2) is 0 Å². The molecular weight excluding hydrogens is 154 g/mol. The van der Waals surface area contributed by atoms with Crippen LogP contribution < -0.4 is 5.73 Å². The molecule has 0 saturated heterocycles. The Balaban J connectivity index is 0. The number of hydrogen-bond acceptors (Lipinski definition) is 3. The average Bonchev–Trinajstić information content (AvgIpc) is 2.07. The van der Waals surface area contributed by atoms with E-state index in [0.29, 0.717) is 0 Å². The van der Waals surface area contributed by atoms with Crippen molar-refractivity contribution >= 4 is 0 Å². The molecular formula is C9H17NO2. The monoisotopic (exact) mass is 171 g/mol. The lowest BCUT2D eigenvalue weighted by atomic mass is 10.4. The molecule has 3 heteroatoms. The zero-order valence-electron chi connectivity index (χ0n) is 7.53. The highest BCUT2D eigenvalue weighted by Gasteiger charge is 1.90. The average molecular weight is 171 g/mol. The molecule has 0 rings (SSSR count). The van der Waals surface area contributed by atoms with E-state index in [-0.39, 0.29) is 6.23 Å². The van der Waals surface area contributed by atoms with Crippen molar-refractivity contribution in [3.63, 3.8) is 0 Å². The van der Waals surface area contributed by atoms with Crippen LogP contribution in [0.5, 0.6) is 0 Å². The summed E-state index contributed by atoms with van der Waals surface area (Å²) in [5.41, 5.74) is 5.29. The molecule has 0 aliphatic carbocycles. The first-order valence-electron chi connectivity index (χ1n) is 3.62. The summed E-state index contributed by atoms with van der Waals surface area (Å²) in [5.74, 6) is 0. The Hall–Kier alpha value is -1.22. The van der Waals surface area contributed by atoms with E-state index in [0.717, 1.165) is 6.42 Å². The molecule has 0 amide bonds. The molecule has 0 bridgehead atoms. The number of rotatable bonds is 5. The molecule has 3 nitrogen and oxygen atoms in total.